The van der Waals surface area contributed by atoms with Gasteiger partial charge in [-0.3, -0.25) is 14.4 Å². The highest BCUT2D eigenvalue weighted by atomic mass is 19.4. The third-order valence-corrected chi connectivity index (χ3v) is 2.55. The van der Waals surface area contributed by atoms with Crippen molar-refractivity contribution in [3.05, 3.63) is 0 Å². The first-order valence-corrected chi connectivity index (χ1v) is 6.39. The van der Waals surface area contributed by atoms with Gasteiger partial charge in [0.15, 0.2) is 6.10 Å². The molecule has 4 atom stereocenters. The molecular weight excluding hydrogens is 343 g/mol. The van der Waals surface area contributed by atoms with Gasteiger partial charge in [0.25, 0.3) is 0 Å². The molecule has 0 aliphatic carbocycles. The molecule has 0 spiro atoms. The van der Waals surface area contributed by atoms with Crippen molar-refractivity contribution in [2.75, 3.05) is 6.61 Å². The third kappa shape index (κ3) is 7.37. The minimum absolute atomic E-state index is 0.233. The molecule has 0 heterocycles. The molecule has 9 nitrogen and oxygen atoms in total. The number of hydrogen-bond donors (Lipinski definition) is 3. The van der Waals surface area contributed by atoms with E-state index in [1.807, 2.05) is 0 Å². The van der Waals surface area contributed by atoms with Crippen LogP contribution in [-0.4, -0.2) is 71.5 Å². The lowest BCUT2D eigenvalue weighted by Gasteiger charge is -2.30. The Hall–Kier alpha value is -2.21. The van der Waals surface area contributed by atoms with Crippen molar-refractivity contribution in [2.24, 2.45) is 0 Å². The summed E-state index contributed by atoms with van der Waals surface area (Å²) in [5.41, 5.74) is 0. The molecule has 0 fully saturated rings. The summed E-state index contributed by atoms with van der Waals surface area (Å²) in [6.45, 7) is 1.08. The van der Waals surface area contributed by atoms with Crippen LogP contribution < -0.4 is 5.32 Å². The molecule has 0 radical (unpaired) electrons. The van der Waals surface area contributed by atoms with Crippen LogP contribution in [-0.2, 0) is 28.7 Å². The lowest BCUT2D eigenvalue weighted by atomic mass is 10.0. The second-order valence-electron chi connectivity index (χ2n) is 4.57. The molecule has 0 aromatic rings. The number of carbonyl (C=O) groups excluding carboxylic acids is 4. The minimum Gasteiger partial charge on any atom is -0.463 e. The lowest BCUT2D eigenvalue weighted by Crippen LogP contribution is -2.56. The molecule has 1 amide bonds. The zero-order valence-corrected chi connectivity index (χ0v) is 12.6. The number of aliphatic hydroxyl groups excluding tert-OH is 2. The number of aldehydes is 1. The zero-order chi connectivity index (χ0) is 19.1. The van der Waals surface area contributed by atoms with E-state index in [2.05, 4.69) is 9.47 Å². The van der Waals surface area contributed by atoms with Crippen LogP contribution in [0.25, 0.3) is 0 Å². The van der Waals surface area contributed by atoms with Crippen LogP contribution in [0.1, 0.15) is 13.8 Å². The highest BCUT2D eigenvalue weighted by Gasteiger charge is 2.43. The van der Waals surface area contributed by atoms with Crippen LogP contribution in [0, 0.1) is 0 Å². The van der Waals surface area contributed by atoms with Crippen molar-refractivity contribution in [1.82, 2.24) is 5.32 Å². The fourth-order valence-electron chi connectivity index (χ4n) is 1.50. The van der Waals surface area contributed by atoms with E-state index in [4.69, 9.17) is 0 Å². The van der Waals surface area contributed by atoms with Gasteiger partial charge in [0.2, 0.25) is 0 Å². The van der Waals surface area contributed by atoms with Crippen LogP contribution in [0.2, 0.25) is 0 Å². The van der Waals surface area contributed by atoms with Crippen molar-refractivity contribution in [3.8, 4) is 0 Å². The summed E-state index contributed by atoms with van der Waals surface area (Å²) in [4.78, 5) is 43.3. The molecular formula is C12H16F3NO8. The molecule has 138 valence electrons. The number of ether oxygens (including phenoxy) is 2. The maximum absolute atomic E-state index is 12.2. The van der Waals surface area contributed by atoms with Crippen molar-refractivity contribution < 1.29 is 52.0 Å². The molecule has 0 aliphatic rings. The largest absolute Gasteiger partial charge is 0.471 e. The second-order valence-corrected chi connectivity index (χ2v) is 4.57. The Labute approximate surface area is 133 Å². The first kappa shape index (κ1) is 21.8. The Balaban J connectivity index is 5.20. The summed E-state index contributed by atoms with van der Waals surface area (Å²) in [6, 6.07) is -2.14. The van der Waals surface area contributed by atoms with Crippen molar-refractivity contribution >= 4 is 24.1 Å². The number of halogens is 3. The molecule has 0 saturated heterocycles. The van der Waals surface area contributed by atoms with E-state index in [0.29, 0.717) is 0 Å². The lowest BCUT2D eigenvalue weighted by molar-refractivity contribution is -0.179. The van der Waals surface area contributed by atoms with E-state index >= 15 is 0 Å². The van der Waals surface area contributed by atoms with Crippen LogP contribution >= 0.6 is 0 Å². The average Bonchev–Trinajstić information content (AvgIpc) is 2.45. The highest BCUT2D eigenvalue weighted by molar-refractivity contribution is 5.84. The molecule has 0 rings (SSSR count). The SMILES string of the molecule is CC(=O)OC[C@@H](O)[C@@H](OC(C)=O)[C@H](O)[C@H](C=O)NC(=O)C(F)(F)F. The van der Waals surface area contributed by atoms with Gasteiger partial charge in [-0.2, -0.15) is 13.2 Å². The number of alkyl halides is 3. The van der Waals surface area contributed by atoms with Crippen LogP contribution in [0.4, 0.5) is 13.2 Å². The maximum atomic E-state index is 12.2. The molecule has 24 heavy (non-hydrogen) atoms. The normalized spacial score (nSPS) is 16.3. The highest BCUT2D eigenvalue weighted by Crippen LogP contribution is 2.16. The van der Waals surface area contributed by atoms with Gasteiger partial charge in [-0.15, -0.1) is 0 Å². The Morgan fingerprint density at radius 1 is 1.17 bits per heavy atom. The summed E-state index contributed by atoms with van der Waals surface area (Å²) >= 11 is 0. The van der Waals surface area contributed by atoms with Gasteiger partial charge in [-0.05, 0) is 0 Å². The van der Waals surface area contributed by atoms with E-state index < -0.39 is 55.0 Å². The summed E-state index contributed by atoms with van der Waals surface area (Å²) in [5.74, 6) is -4.40. The molecule has 0 aromatic carbocycles. The average molecular weight is 359 g/mol. The second kappa shape index (κ2) is 9.17. The van der Waals surface area contributed by atoms with Crippen molar-refractivity contribution in [2.45, 2.75) is 44.4 Å². The number of aliphatic hydroxyl groups is 2. The summed E-state index contributed by atoms with van der Waals surface area (Å²) in [6.07, 6.45) is -11.6. The van der Waals surface area contributed by atoms with Crippen LogP contribution in [0.15, 0.2) is 0 Å². The molecule has 0 unspecified atom stereocenters. The number of hydrogen-bond acceptors (Lipinski definition) is 8. The Morgan fingerprint density at radius 3 is 2.08 bits per heavy atom. The van der Waals surface area contributed by atoms with E-state index in [1.54, 1.807) is 0 Å². The van der Waals surface area contributed by atoms with Gasteiger partial charge in [0.05, 0.1) is 0 Å². The third-order valence-electron chi connectivity index (χ3n) is 2.55. The summed E-state index contributed by atoms with van der Waals surface area (Å²) in [5, 5.41) is 20.8. The number of rotatable bonds is 8. The smallest absolute Gasteiger partial charge is 0.463 e. The van der Waals surface area contributed by atoms with E-state index in [1.165, 1.54) is 5.32 Å². The Bertz CT molecular complexity index is 481. The predicted molar refractivity (Wildman–Crippen MR) is 68.3 cm³/mol. The summed E-state index contributed by atoms with van der Waals surface area (Å²) < 4.78 is 45.5. The number of carbonyl (C=O) groups is 4. The molecule has 0 aliphatic heterocycles. The fourth-order valence-corrected chi connectivity index (χ4v) is 1.50. The number of amides is 1. The Kier molecular flexibility index (Phi) is 8.33. The minimum atomic E-state index is -5.33. The quantitative estimate of drug-likeness (QED) is 0.350. The van der Waals surface area contributed by atoms with E-state index in [9.17, 15) is 42.6 Å². The predicted octanol–water partition coefficient (Wildman–Crippen LogP) is -1.55. The standard InChI is InChI=1S/C12H16F3NO8/c1-5(18)23-4-8(20)10(24-6(2)19)9(21)7(3-17)16-11(22)12(13,14)15/h3,7-10,20-21H,4H2,1-2H3,(H,16,22)/t7-,8+,9+,10+/m0/s1. The van der Waals surface area contributed by atoms with Gasteiger partial charge in [0, 0.05) is 13.8 Å². The topological polar surface area (TPSA) is 139 Å². The first-order valence-electron chi connectivity index (χ1n) is 6.39. The monoisotopic (exact) mass is 359 g/mol. The van der Waals surface area contributed by atoms with Gasteiger partial charge in [-0.1, -0.05) is 0 Å². The van der Waals surface area contributed by atoms with E-state index in [0.717, 1.165) is 13.8 Å². The Morgan fingerprint density at radius 2 is 1.71 bits per heavy atom. The first-order chi connectivity index (χ1) is 10.9. The molecule has 0 saturated carbocycles. The van der Waals surface area contributed by atoms with E-state index in [-0.39, 0.29) is 6.29 Å². The zero-order valence-electron chi connectivity index (χ0n) is 12.6. The number of esters is 2. The molecule has 0 bridgehead atoms. The fraction of sp³-hybridized carbons (Fsp3) is 0.667. The van der Waals surface area contributed by atoms with Gasteiger partial charge >= 0.3 is 24.0 Å². The van der Waals surface area contributed by atoms with Crippen molar-refractivity contribution in [3.63, 3.8) is 0 Å². The van der Waals surface area contributed by atoms with Gasteiger partial charge < -0.3 is 29.8 Å². The maximum Gasteiger partial charge on any atom is 0.471 e. The number of nitrogens with one attached hydrogen (secondary N) is 1. The van der Waals surface area contributed by atoms with Crippen molar-refractivity contribution in [1.29, 1.82) is 0 Å². The molecule has 12 heteroatoms. The van der Waals surface area contributed by atoms with Crippen LogP contribution in [0.3, 0.4) is 0 Å². The van der Waals surface area contributed by atoms with Gasteiger partial charge in [0.1, 0.15) is 31.1 Å². The molecule has 0 aromatic heterocycles. The van der Waals surface area contributed by atoms with Crippen LogP contribution in [0.5, 0.6) is 0 Å². The summed E-state index contributed by atoms with van der Waals surface area (Å²) in [7, 11) is 0. The van der Waals surface area contributed by atoms with Gasteiger partial charge in [-0.25, -0.2) is 0 Å². The molecule has 3 N–H and O–H groups in total.